The van der Waals surface area contributed by atoms with Crippen LogP contribution in [0.4, 0.5) is 11.4 Å². The zero-order valence-electron chi connectivity index (χ0n) is 7.06. The maximum atomic E-state index is 10.7. The molecule has 1 rings (SSSR count). The summed E-state index contributed by atoms with van der Waals surface area (Å²) in [6, 6.07) is 2.45. The number of hydrogen-bond acceptors (Lipinski definition) is 5. The van der Waals surface area contributed by atoms with Crippen LogP contribution in [0.1, 0.15) is 0 Å². The fraction of sp³-hybridized carbons (Fsp3) is 0. The highest BCUT2D eigenvalue weighted by Crippen LogP contribution is 2.27. The molecule has 15 heavy (non-hydrogen) atoms. The summed E-state index contributed by atoms with van der Waals surface area (Å²) < 4.78 is 30.2. The first-order valence-electron chi connectivity index (χ1n) is 3.47. The van der Waals surface area contributed by atoms with Crippen LogP contribution in [-0.2, 0) is 10.1 Å². The van der Waals surface area contributed by atoms with Crippen LogP contribution >= 0.6 is 0 Å². The van der Waals surface area contributed by atoms with Crippen molar-refractivity contribution < 1.29 is 17.9 Å². The quantitative estimate of drug-likeness (QED) is 0.353. The van der Waals surface area contributed by atoms with E-state index in [-0.39, 0.29) is 0 Å². The predicted octanol–water partition coefficient (Wildman–Crippen LogP) is 0.725. The fourth-order valence-electron chi connectivity index (χ4n) is 0.906. The summed E-state index contributed by atoms with van der Waals surface area (Å²) in [4.78, 5) is 8.66. The van der Waals surface area contributed by atoms with Gasteiger partial charge in [0.05, 0.1) is 4.92 Å². The molecular formula is C6H4N3O5S. The second kappa shape index (κ2) is 3.71. The third-order valence-corrected chi connectivity index (χ3v) is 2.42. The van der Waals surface area contributed by atoms with Gasteiger partial charge in [-0.25, -0.2) is 0 Å². The number of nitro groups is 1. The van der Waals surface area contributed by atoms with E-state index in [2.05, 4.69) is 5.11 Å². The predicted molar refractivity (Wildman–Crippen MR) is 47.1 cm³/mol. The van der Waals surface area contributed by atoms with E-state index in [1.807, 2.05) is 0 Å². The minimum atomic E-state index is -4.66. The molecule has 1 aromatic carbocycles. The van der Waals surface area contributed by atoms with Gasteiger partial charge in [0.15, 0.2) is 0 Å². The maximum Gasteiger partial charge on any atom is 0.297 e. The Kier molecular flexibility index (Phi) is 2.77. The Bertz CT molecular complexity index is 524. The molecule has 0 aliphatic heterocycles. The molecule has 1 N–H and O–H groups in total. The van der Waals surface area contributed by atoms with E-state index in [0.717, 1.165) is 12.1 Å². The van der Waals surface area contributed by atoms with Gasteiger partial charge in [-0.3, -0.25) is 14.7 Å². The lowest BCUT2D eigenvalue weighted by Gasteiger charge is -1.99. The van der Waals surface area contributed by atoms with Crippen LogP contribution in [-0.4, -0.2) is 17.9 Å². The van der Waals surface area contributed by atoms with Gasteiger partial charge in [0.2, 0.25) is 0 Å². The third-order valence-electron chi connectivity index (χ3n) is 1.54. The number of hydrogen-bond donors (Lipinski definition) is 1. The summed E-state index contributed by atoms with van der Waals surface area (Å²) in [5.74, 6) is 0. The number of nitro benzene ring substituents is 1. The van der Waals surface area contributed by atoms with Crippen LogP contribution in [0.25, 0.3) is 0 Å². The summed E-state index contributed by atoms with van der Waals surface area (Å²) >= 11 is 0. The van der Waals surface area contributed by atoms with Gasteiger partial charge in [0, 0.05) is 12.1 Å². The van der Waals surface area contributed by atoms with Crippen molar-refractivity contribution in [2.24, 2.45) is 5.11 Å². The van der Waals surface area contributed by atoms with Crippen molar-refractivity contribution in [2.75, 3.05) is 0 Å². The Morgan fingerprint density at radius 1 is 1.47 bits per heavy atom. The molecule has 1 aromatic rings. The Balaban J connectivity index is 3.52. The summed E-state index contributed by atoms with van der Waals surface area (Å²) in [5, 5.41) is 12.9. The van der Waals surface area contributed by atoms with Crippen molar-refractivity contribution in [3.8, 4) is 0 Å². The molecule has 0 heterocycles. The Morgan fingerprint density at radius 3 is 2.47 bits per heavy atom. The van der Waals surface area contributed by atoms with Gasteiger partial charge in [0.1, 0.15) is 10.6 Å². The molecule has 0 saturated heterocycles. The molecule has 0 aliphatic rings. The molecule has 1 radical (unpaired) electrons. The zero-order valence-corrected chi connectivity index (χ0v) is 7.88. The highest BCUT2D eigenvalue weighted by atomic mass is 32.2. The highest BCUT2D eigenvalue weighted by Gasteiger charge is 2.19. The Labute approximate surface area is 83.9 Å². The first-order valence-corrected chi connectivity index (χ1v) is 4.91. The van der Waals surface area contributed by atoms with Crippen LogP contribution in [0.2, 0.25) is 0 Å². The van der Waals surface area contributed by atoms with E-state index in [0.29, 0.717) is 6.07 Å². The van der Waals surface area contributed by atoms with E-state index < -0.39 is 31.3 Å². The van der Waals surface area contributed by atoms with E-state index in [4.69, 9.17) is 10.1 Å². The van der Waals surface area contributed by atoms with Crippen LogP contribution < -0.4 is 5.53 Å². The molecule has 0 atom stereocenters. The average Bonchev–Trinajstić information content (AvgIpc) is 2.15. The van der Waals surface area contributed by atoms with Crippen LogP contribution in [0.3, 0.4) is 0 Å². The molecule has 0 spiro atoms. The molecule has 0 aliphatic carbocycles. The second-order valence-corrected chi connectivity index (χ2v) is 3.87. The molecule has 0 amide bonds. The molecule has 0 saturated carbocycles. The van der Waals surface area contributed by atoms with E-state index in [1.165, 1.54) is 0 Å². The van der Waals surface area contributed by atoms with Gasteiger partial charge < -0.3 is 0 Å². The molecule has 0 aromatic heterocycles. The average molecular weight is 230 g/mol. The Hall–Kier alpha value is -1.87. The molecular weight excluding hydrogens is 226 g/mol. The Morgan fingerprint density at radius 2 is 2.07 bits per heavy atom. The van der Waals surface area contributed by atoms with Crippen molar-refractivity contribution in [1.29, 1.82) is 0 Å². The minimum Gasteiger partial charge on any atom is -0.282 e. The van der Waals surface area contributed by atoms with Gasteiger partial charge in [-0.15, -0.1) is 5.11 Å². The molecule has 0 bridgehead atoms. The normalized spacial score (nSPS) is 11.0. The molecule has 0 unspecified atom stereocenters. The van der Waals surface area contributed by atoms with E-state index in [1.54, 1.807) is 0 Å². The zero-order chi connectivity index (χ0) is 11.6. The van der Waals surface area contributed by atoms with E-state index >= 15 is 0 Å². The van der Waals surface area contributed by atoms with Crippen molar-refractivity contribution in [3.63, 3.8) is 0 Å². The molecule has 8 nitrogen and oxygen atoms in total. The number of rotatable bonds is 3. The molecule has 0 fully saturated rings. The highest BCUT2D eigenvalue weighted by molar-refractivity contribution is 7.86. The third kappa shape index (κ3) is 2.33. The van der Waals surface area contributed by atoms with Gasteiger partial charge >= 0.3 is 0 Å². The van der Waals surface area contributed by atoms with Crippen molar-refractivity contribution >= 4 is 21.5 Å². The largest absolute Gasteiger partial charge is 0.297 e. The monoisotopic (exact) mass is 230 g/mol. The summed E-state index contributed by atoms with van der Waals surface area (Å²) in [5.41, 5.74) is 7.39. The number of benzene rings is 1. The van der Waals surface area contributed by atoms with Crippen molar-refractivity contribution in [3.05, 3.63) is 28.3 Å². The standard InChI is InChI=1S/C6H4N3O5S/c7-8-5-2-1-4(9(10)11)3-6(5)15(12,13)14/h1-3H,(H,12,13,14). The van der Waals surface area contributed by atoms with Crippen LogP contribution in [0, 0.1) is 10.1 Å². The maximum absolute atomic E-state index is 10.7. The first-order chi connectivity index (χ1) is 6.86. The van der Waals surface area contributed by atoms with Crippen molar-refractivity contribution in [1.82, 2.24) is 5.53 Å². The van der Waals surface area contributed by atoms with Crippen LogP contribution in [0.15, 0.2) is 28.2 Å². The second-order valence-electron chi connectivity index (χ2n) is 2.48. The molecule has 79 valence electrons. The lowest BCUT2D eigenvalue weighted by Crippen LogP contribution is -2.00. The lowest BCUT2D eigenvalue weighted by molar-refractivity contribution is -0.385. The van der Waals surface area contributed by atoms with E-state index in [9.17, 15) is 18.5 Å². The van der Waals surface area contributed by atoms with Crippen molar-refractivity contribution in [2.45, 2.75) is 4.90 Å². The smallest absolute Gasteiger partial charge is 0.282 e. The lowest BCUT2D eigenvalue weighted by atomic mass is 10.3. The van der Waals surface area contributed by atoms with Gasteiger partial charge in [-0.2, -0.15) is 8.42 Å². The summed E-state index contributed by atoms with van der Waals surface area (Å²) in [6.07, 6.45) is 0. The fourth-order valence-corrected chi connectivity index (χ4v) is 1.55. The van der Waals surface area contributed by atoms with Gasteiger partial charge in [0.25, 0.3) is 15.8 Å². The number of non-ortho nitro benzene ring substituents is 1. The first kappa shape index (κ1) is 11.2. The summed E-state index contributed by atoms with van der Waals surface area (Å²) in [6.45, 7) is 0. The van der Waals surface area contributed by atoms with Crippen LogP contribution in [0.5, 0.6) is 0 Å². The number of nitrogens with zero attached hydrogens (tertiary/aromatic N) is 3. The molecule has 9 heteroatoms. The topological polar surface area (TPSA) is 132 Å². The summed E-state index contributed by atoms with van der Waals surface area (Å²) in [7, 11) is -4.66. The SMILES string of the molecule is [N]=Nc1ccc([N+](=O)[O-])cc1S(=O)(=O)O. The van der Waals surface area contributed by atoms with Gasteiger partial charge in [-0.05, 0) is 11.6 Å². The van der Waals surface area contributed by atoms with Gasteiger partial charge in [-0.1, -0.05) is 0 Å². The minimum absolute atomic E-state index is 0.469.